The molecule has 0 radical (unpaired) electrons. The predicted molar refractivity (Wildman–Crippen MR) is 163 cm³/mol. The van der Waals surface area contributed by atoms with E-state index in [2.05, 4.69) is 66.2 Å². The molecule has 0 aliphatic carbocycles. The van der Waals surface area contributed by atoms with Crippen LogP contribution in [0.3, 0.4) is 0 Å². The van der Waals surface area contributed by atoms with Gasteiger partial charge in [-0.2, -0.15) is 0 Å². The molecule has 0 bridgehead atoms. The zero-order chi connectivity index (χ0) is 28.2. The SMILES string of the molecule is CCC(C)c1ccc(OCCCn2c(CCCCCNC(=O)COc3ccc(Cl)cc3)nc3ccccc32)cc1. The number of carbonyl (C=O) groups excluding carboxylic acids is 1. The lowest BCUT2D eigenvalue weighted by molar-refractivity contribution is -0.123. The van der Waals surface area contributed by atoms with Crippen LogP contribution >= 0.6 is 11.6 Å². The summed E-state index contributed by atoms with van der Waals surface area (Å²) in [5.74, 6) is 3.11. The van der Waals surface area contributed by atoms with Crippen LogP contribution in [0, 0.1) is 0 Å². The van der Waals surface area contributed by atoms with Crippen LogP contribution in [0.1, 0.15) is 63.3 Å². The summed E-state index contributed by atoms with van der Waals surface area (Å²) in [5.41, 5.74) is 3.56. The van der Waals surface area contributed by atoms with Crippen LogP contribution in [-0.2, 0) is 17.8 Å². The van der Waals surface area contributed by atoms with E-state index >= 15 is 0 Å². The Bertz CT molecular complexity index is 1340. The number of fused-ring (bicyclic) bond motifs is 1. The van der Waals surface area contributed by atoms with Gasteiger partial charge in [-0.05, 0) is 85.7 Å². The third-order valence-corrected chi connectivity index (χ3v) is 7.42. The Labute approximate surface area is 242 Å². The van der Waals surface area contributed by atoms with Gasteiger partial charge in [-0.3, -0.25) is 4.79 Å². The zero-order valence-electron chi connectivity index (χ0n) is 23.6. The van der Waals surface area contributed by atoms with E-state index < -0.39 is 0 Å². The van der Waals surface area contributed by atoms with Crippen molar-refractivity contribution in [3.63, 3.8) is 0 Å². The Hall–Kier alpha value is -3.51. The number of benzene rings is 3. The van der Waals surface area contributed by atoms with Gasteiger partial charge < -0.3 is 19.4 Å². The highest BCUT2D eigenvalue weighted by atomic mass is 35.5. The van der Waals surface area contributed by atoms with E-state index in [1.165, 1.54) is 11.1 Å². The molecule has 1 heterocycles. The minimum absolute atomic E-state index is 0.00125. The molecule has 4 rings (SSSR count). The maximum atomic E-state index is 12.1. The predicted octanol–water partition coefficient (Wildman–Crippen LogP) is 7.58. The molecule has 1 atom stereocenters. The first kappa shape index (κ1) is 29.5. The molecular weight excluding hydrogens is 522 g/mol. The monoisotopic (exact) mass is 561 g/mol. The summed E-state index contributed by atoms with van der Waals surface area (Å²) in [6, 6.07) is 23.8. The van der Waals surface area contributed by atoms with Gasteiger partial charge in [-0.25, -0.2) is 4.98 Å². The number of amides is 1. The van der Waals surface area contributed by atoms with Gasteiger partial charge in [-0.15, -0.1) is 0 Å². The fourth-order valence-electron chi connectivity index (χ4n) is 4.65. The van der Waals surface area contributed by atoms with Crippen LogP contribution in [0.5, 0.6) is 11.5 Å². The summed E-state index contributed by atoms with van der Waals surface area (Å²) in [7, 11) is 0. The fraction of sp³-hybridized carbons (Fsp3) is 0.394. The standard InChI is InChI=1S/C33H40ClN3O3/c1-3-25(2)26-13-17-28(18-14-26)39-23-9-22-37-31-11-7-6-10-30(31)36-32(37)12-5-4-8-21-35-33(38)24-40-29-19-15-27(34)16-20-29/h6-7,10-11,13-20,25H,3-5,8-9,12,21-24H2,1-2H3,(H,35,38). The van der Waals surface area contributed by atoms with Gasteiger partial charge in [0.25, 0.3) is 5.91 Å². The van der Waals surface area contributed by atoms with Gasteiger partial charge in [-0.1, -0.05) is 56.1 Å². The number of ether oxygens (including phenoxy) is 2. The summed E-state index contributed by atoms with van der Waals surface area (Å²) in [4.78, 5) is 17.0. The zero-order valence-corrected chi connectivity index (χ0v) is 24.3. The van der Waals surface area contributed by atoms with Crippen LogP contribution in [0.15, 0.2) is 72.8 Å². The first-order valence-corrected chi connectivity index (χ1v) is 14.7. The van der Waals surface area contributed by atoms with E-state index in [1.807, 2.05) is 6.07 Å². The van der Waals surface area contributed by atoms with Crippen LogP contribution < -0.4 is 14.8 Å². The second kappa shape index (κ2) is 15.3. The maximum Gasteiger partial charge on any atom is 0.257 e. The number of hydrogen-bond acceptors (Lipinski definition) is 4. The molecule has 7 heteroatoms. The van der Waals surface area contributed by atoms with Crippen molar-refractivity contribution in [1.82, 2.24) is 14.9 Å². The first-order chi connectivity index (χ1) is 19.5. The summed E-state index contributed by atoms with van der Waals surface area (Å²) < 4.78 is 13.9. The van der Waals surface area contributed by atoms with E-state index in [0.29, 0.717) is 29.8 Å². The van der Waals surface area contributed by atoms with Crippen LogP contribution in [-0.4, -0.2) is 35.2 Å². The highest BCUT2D eigenvalue weighted by molar-refractivity contribution is 6.30. The Kier molecular flexibility index (Phi) is 11.3. The van der Waals surface area contributed by atoms with Crippen molar-refractivity contribution < 1.29 is 14.3 Å². The number of nitrogens with one attached hydrogen (secondary N) is 1. The Morgan fingerprint density at radius 3 is 2.42 bits per heavy atom. The smallest absolute Gasteiger partial charge is 0.257 e. The lowest BCUT2D eigenvalue weighted by Gasteiger charge is -2.12. The highest BCUT2D eigenvalue weighted by Gasteiger charge is 2.11. The second-order valence-corrected chi connectivity index (χ2v) is 10.6. The molecule has 3 aromatic carbocycles. The molecule has 1 amide bonds. The third-order valence-electron chi connectivity index (χ3n) is 7.17. The molecule has 212 valence electrons. The second-order valence-electron chi connectivity index (χ2n) is 10.2. The fourth-order valence-corrected chi connectivity index (χ4v) is 4.78. The Balaban J connectivity index is 1.18. The molecule has 0 saturated heterocycles. The molecule has 0 spiro atoms. The van der Waals surface area contributed by atoms with Crippen molar-refractivity contribution in [3.8, 4) is 11.5 Å². The number of hydrogen-bond donors (Lipinski definition) is 1. The van der Waals surface area contributed by atoms with Gasteiger partial charge in [0.15, 0.2) is 6.61 Å². The van der Waals surface area contributed by atoms with E-state index in [0.717, 1.165) is 62.2 Å². The van der Waals surface area contributed by atoms with Gasteiger partial charge in [0.1, 0.15) is 17.3 Å². The molecule has 1 N–H and O–H groups in total. The summed E-state index contributed by atoms with van der Waals surface area (Å²) in [6.07, 6.45) is 5.89. The van der Waals surface area contributed by atoms with Gasteiger partial charge in [0.05, 0.1) is 17.6 Å². The van der Waals surface area contributed by atoms with Crippen LogP contribution in [0.25, 0.3) is 11.0 Å². The molecule has 1 aromatic heterocycles. The van der Waals surface area contributed by atoms with E-state index in [9.17, 15) is 4.79 Å². The number of aromatic nitrogens is 2. The number of halogens is 1. The van der Waals surface area contributed by atoms with Crippen LogP contribution in [0.2, 0.25) is 5.02 Å². The molecule has 4 aromatic rings. The number of unbranched alkanes of at least 4 members (excludes halogenated alkanes) is 2. The van der Waals surface area contributed by atoms with E-state index in [4.69, 9.17) is 26.1 Å². The lowest BCUT2D eigenvalue weighted by Crippen LogP contribution is -2.29. The van der Waals surface area contributed by atoms with Crippen molar-refractivity contribution in [2.45, 2.75) is 64.8 Å². The van der Waals surface area contributed by atoms with Gasteiger partial charge in [0, 0.05) is 24.5 Å². The molecule has 1 unspecified atom stereocenters. The number of nitrogens with zero attached hydrogens (tertiary/aromatic N) is 2. The molecule has 0 fully saturated rings. The van der Waals surface area contributed by atoms with Crippen molar-refractivity contribution in [2.75, 3.05) is 19.8 Å². The highest BCUT2D eigenvalue weighted by Crippen LogP contribution is 2.22. The number of rotatable bonds is 16. The summed E-state index contributed by atoms with van der Waals surface area (Å²) in [5, 5.41) is 3.57. The first-order valence-electron chi connectivity index (χ1n) is 14.4. The Morgan fingerprint density at radius 2 is 1.65 bits per heavy atom. The molecule has 40 heavy (non-hydrogen) atoms. The molecule has 0 aliphatic rings. The number of para-hydroxylation sites is 2. The van der Waals surface area contributed by atoms with Crippen molar-refractivity contribution in [3.05, 3.63) is 89.2 Å². The molecule has 0 aliphatic heterocycles. The van der Waals surface area contributed by atoms with E-state index in [1.54, 1.807) is 24.3 Å². The average Bonchev–Trinajstić information content (AvgIpc) is 3.33. The summed E-state index contributed by atoms with van der Waals surface area (Å²) in [6.45, 7) is 6.63. The molecule has 6 nitrogen and oxygen atoms in total. The largest absolute Gasteiger partial charge is 0.494 e. The Morgan fingerprint density at radius 1 is 0.925 bits per heavy atom. The topological polar surface area (TPSA) is 65.4 Å². The van der Waals surface area contributed by atoms with Crippen LogP contribution in [0.4, 0.5) is 0 Å². The quantitative estimate of drug-likeness (QED) is 0.143. The number of aryl methyl sites for hydroxylation is 2. The van der Waals surface area contributed by atoms with Crippen molar-refractivity contribution in [2.24, 2.45) is 0 Å². The minimum Gasteiger partial charge on any atom is -0.494 e. The number of carbonyl (C=O) groups is 1. The lowest BCUT2D eigenvalue weighted by atomic mass is 9.99. The summed E-state index contributed by atoms with van der Waals surface area (Å²) >= 11 is 5.87. The van der Waals surface area contributed by atoms with Crippen molar-refractivity contribution >= 4 is 28.5 Å². The maximum absolute atomic E-state index is 12.1. The third kappa shape index (κ3) is 8.75. The normalized spacial score (nSPS) is 11.9. The van der Waals surface area contributed by atoms with Gasteiger partial charge >= 0.3 is 0 Å². The van der Waals surface area contributed by atoms with Gasteiger partial charge in [0.2, 0.25) is 0 Å². The van der Waals surface area contributed by atoms with Crippen molar-refractivity contribution in [1.29, 1.82) is 0 Å². The average molecular weight is 562 g/mol. The number of imidazole rings is 1. The minimum atomic E-state index is -0.120. The molecular formula is C33H40ClN3O3. The molecule has 0 saturated carbocycles. The van der Waals surface area contributed by atoms with E-state index in [-0.39, 0.29) is 12.5 Å².